The molecule has 0 saturated carbocycles. The van der Waals surface area contributed by atoms with Crippen LogP contribution in [0.15, 0.2) is 26.5 Å². The van der Waals surface area contributed by atoms with E-state index in [4.69, 9.17) is 0 Å². The van der Waals surface area contributed by atoms with Gasteiger partial charge in [-0.05, 0) is 78.1 Å². The number of thiophene rings is 1. The largest absolute Gasteiger partial charge is 0.309 e. The first-order valence-electron chi connectivity index (χ1n) is 6.13. The highest BCUT2D eigenvalue weighted by Crippen LogP contribution is 2.36. The molecule has 0 spiro atoms. The van der Waals surface area contributed by atoms with Crippen molar-refractivity contribution >= 4 is 43.2 Å². The van der Waals surface area contributed by atoms with Crippen LogP contribution in [0.1, 0.15) is 33.2 Å². The molecule has 1 aromatic carbocycles. The molecular weight excluding hydrogens is 386 g/mol. The highest BCUT2D eigenvalue weighted by atomic mass is 79.9. The van der Waals surface area contributed by atoms with Gasteiger partial charge in [-0.15, -0.1) is 11.3 Å². The van der Waals surface area contributed by atoms with Crippen molar-refractivity contribution in [2.24, 2.45) is 0 Å². The zero-order valence-corrected chi connectivity index (χ0v) is 15.5. The summed E-state index contributed by atoms with van der Waals surface area (Å²) in [7, 11) is 2.02. The number of benzene rings is 1. The van der Waals surface area contributed by atoms with E-state index in [-0.39, 0.29) is 6.04 Å². The van der Waals surface area contributed by atoms with E-state index in [0.717, 1.165) is 0 Å². The van der Waals surface area contributed by atoms with E-state index in [9.17, 15) is 0 Å². The summed E-state index contributed by atoms with van der Waals surface area (Å²) in [5.41, 5.74) is 5.22. The van der Waals surface area contributed by atoms with Crippen molar-refractivity contribution in [1.29, 1.82) is 0 Å². The second kappa shape index (κ2) is 6.08. The summed E-state index contributed by atoms with van der Waals surface area (Å²) < 4.78 is 2.39. The Balaban J connectivity index is 2.50. The predicted octanol–water partition coefficient (Wildman–Crippen LogP) is 5.51. The van der Waals surface area contributed by atoms with Gasteiger partial charge in [0.25, 0.3) is 0 Å². The third-order valence-electron chi connectivity index (χ3n) is 3.31. The number of hydrogen-bond donors (Lipinski definition) is 1. The molecule has 1 unspecified atom stereocenters. The van der Waals surface area contributed by atoms with Crippen LogP contribution in [0.2, 0.25) is 0 Å². The van der Waals surface area contributed by atoms with E-state index < -0.39 is 0 Å². The van der Waals surface area contributed by atoms with Crippen molar-refractivity contribution < 1.29 is 0 Å². The minimum atomic E-state index is 0.252. The molecule has 19 heavy (non-hydrogen) atoms. The van der Waals surface area contributed by atoms with Gasteiger partial charge in [0, 0.05) is 9.35 Å². The number of rotatable bonds is 3. The fourth-order valence-electron chi connectivity index (χ4n) is 2.19. The van der Waals surface area contributed by atoms with Crippen molar-refractivity contribution in [2.45, 2.75) is 26.8 Å². The standard InChI is InChI=1S/C15H17Br2NS/c1-8-6-12(16)9(2)5-11(8)14(18-4)13-7-10(3)15(17)19-13/h5-7,14,18H,1-4H3. The first-order valence-corrected chi connectivity index (χ1v) is 8.54. The molecule has 1 heterocycles. The lowest BCUT2D eigenvalue weighted by Gasteiger charge is -2.19. The van der Waals surface area contributed by atoms with Gasteiger partial charge in [-0.3, -0.25) is 0 Å². The van der Waals surface area contributed by atoms with Gasteiger partial charge in [-0.1, -0.05) is 22.0 Å². The Hall–Kier alpha value is -0.160. The SMILES string of the molecule is CNC(c1cc(C)c(Br)s1)c1cc(C)c(Br)cc1C. The highest BCUT2D eigenvalue weighted by Gasteiger charge is 2.18. The summed E-state index contributed by atoms with van der Waals surface area (Å²) in [5.74, 6) is 0. The van der Waals surface area contributed by atoms with Crippen molar-refractivity contribution in [3.8, 4) is 0 Å². The maximum Gasteiger partial charge on any atom is 0.0731 e. The molecule has 2 rings (SSSR count). The monoisotopic (exact) mass is 401 g/mol. The second-order valence-electron chi connectivity index (χ2n) is 4.79. The molecule has 4 heteroatoms. The molecule has 0 aliphatic carbocycles. The summed E-state index contributed by atoms with van der Waals surface area (Å²) in [6.45, 7) is 6.44. The maximum absolute atomic E-state index is 3.61. The Kier molecular flexibility index (Phi) is 4.88. The van der Waals surface area contributed by atoms with Gasteiger partial charge in [-0.25, -0.2) is 0 Å². The van der Waals surface area contributed by atoms with Gasteiger partial charge in [0.1, 0.15) is 0 Å². The Morgan fingerprint density at radius 2 is 1.68 bits per heavy atom. The quantitative estimate of drug-likeness (QED) is 0.713. The average Bonchev–Trinajstić information content (AvgIpc) is 2.67. The Labute approximate surface area is 135 Å². The summed E-state index contributed by atoms with van der Waals surface area (Å²) in [6, 6.07) is 6.97. The summed E-state index contributed by atoms with van der Waals surface area (Å²) in [5, 5.41) is 3.44. The lowest BCUT2D eigenvalue weighted by atomic mass is 9.97. The molecular formula is C15H17Br2NS. The molecule has 1 nitrogen and oxygen atoms in total. The minimum absolute atomic E-state index is 0.252. The summed E-state index contributed by atoms with van der Waals surface area (Å²) >= 11 is 9.01. The first kappa shape index (κ1) is 15.2. The second-order valence-corrected chi connectivity index (χ2v) is 8.04. The van der Waals surface area contributed by atoms with Crippen LogP contribution in [0.4, 0.5) is 0 Å². The zero-order valence-electron chi connectivity index (χ0n) is 11.5. The van der Waals surface area contributed by atoms with E-state index in [1.165, 1.54) is 35.4 Å². The molecule has 102 valence electrons. The van der Waals surface area contributed by atoms with Crippen LogP contribution in [-0.2, 0) is 0 Å². The van der Waals surface area contributed by atoms with E-state index in [1.807, 2.05) is 7.05 Å². The van der Waals surface area contributed by atoms with E-state index >= 15 is 0 Å². The van der Waals surface area contributed by atoms with E-state index in [1.54, 1.807) is 11.3 Å². The van der Waals surface area contributed by atoms with Crippen LogP contribution in [0, 0.1) is 20.8 Å². The van der Waals surface area contributed by atoms with Crippen LogP contribution in [0.3, 0.4) is 0 Å². The number of aryl methyl sites for hydroxylation is 3. The van der Waals surface area contributed by atoms with Crippen LogP contribution >= 0.6 is 43.2 Å². The summed E-state index contributed by atoms with van der Waals surface area (Å²) in [6.07, 6.45) is 0. The molecule has 0 bridgehead atoms. The third kappa shape index (κ3) is 3.13. The van der Waals surface area contributed by atoms with Crippen molar-refractivity contribution in [2.75, 3.05) is 7.05 Å². The zero-order chi connectivity index (χ0) is 14.2. The number of hydrogen-bond acceptors (Lipinski definition) is 2. The molecule has 2 aromatic rings. The van der Waals surface area contributed by atoms with Gasteiger partial charge in [0.15, 0.2) is 0 Å². The van der Waals surface area contributed by atoms with Crippen LogP contribution in [-0.4, -0.2) is 7.05 Å². The topological polar surface area (TPSA) is 12.0 Å². The fraction of sp³-hybridized carbons (Fsp3) is 0.333. The molecule has 0 aliphatic heterocycles. The Morgan fingerprint density at radius 3 is 2.21 bits per heavy atom. The molecule has 1 N–H and O–H groups in total. The fourth-order valence-corrected chi connectivity index (χ4v) is 4.35. The molecule has 0 aliphatic rings. The normalized spacial score (nSPS) is 12.7. The molecule has 1 aromatic heterocycles. The molecule has 0 fully saturated rings. The van der Waals surface area contributed by atoms with E-state index in [2.05, 4.69) is 76.1 Å². The van der Waals surface area contributed by atoms with Gasteiger partial charge in [0.2, 0.25) is 0 Å². The number of nitrogens with one attached hydrogen (secondary N) is 1. The molecule has 0 radical (unpaired) electrons. The van der Waals surface area contributed by atoms with Gasteiger partial charge < -0.3 is 5.32 Å². The van der Waals surface area contributed by atoms with Crippen LogP contribution in [0.5, 0.6) is 0 Å². The van der Waals surface area contributed by atoms with Crippen LogP contribution < -0.4 is 5.32 Å². The van der Waals surface area contributed by atoms with Crippen molar-refractivity contribution in [3.63, 3.8) is 0 Å². The average molecular weight is 403 g/mol. The third-order valence-corrected chi connectivity index (χ3v) is 6.36. The predicted molar refractivity (Wildman–Crippen MR) is 91.3 cm³/mol. The maximum atomic E-state index is 3.61. The molecule has 0 saturated heterocycles. The lowest BCUT2D eigenvalue weighted by Crippen LogP contribution is -2.17. The first-order chi connectivity index (χ1) is 8.93. The smallest absolute Gasteiger partial charge is 0.0731 e. The highest BCUT2D eigenvalue weighted by molar-refractivity contribution is 9.11. The van der Waals surface area contributed by atoms with E-state index in [0.29, 0.717) is 0 Å². The van der Waals surface area contributed by atoms with Crippen molar-refractivity contribution in [1.82, 2.24) is 5.32 Å². The summed E-state index contributed by atoms with van der Waals surface area (Å²) in [4.78, 5) is 1.34. The molecule has 1 atom stereocenters. The Morgan fingerprint density at radius 1 is 1.00 bits per heavy atom. The van der Waals surface area contributed by atoms with Crippen LogP contribution in [0.25, 0.3) is 0 Å². The Bertz CT molecular complexity index is 585. The number of halogens is 2. The van der Waals surface area contributed by atoms with Gasteiger partial charge >= 0.3 is 0 Å². The van der Waals surface area contributed by atoms with Gasteiger partial charge in [-0.2, -0.15) is 0 Å². The van der Waals surface area contributed by atoms with Crippen molar-refractivity contribution in [3.05, 3.63) is 53.6 Å². The molecule has 0 amide bonds. The lowest BCUT2D eigenvalue weighted by molar-refractivity contribution is 0.698. The van der Waals surface area contributed by atoms with Gasteiger partial charge in [0.05, 0.1) is 9.83 Å². The minimum Gasteiger partial charge on any atom is -0.309 e.